The molecule has 0 heterocycles. The Morgan fingerprint density at radius 1 is 0.765 bits per heavy atom. The maximum absolute atomic E-state index is 6.27. The van der Waals surface area contributed by atoms with Gasteiger partial charge in [-0.1, -0.05) is 70.7 Å². The van der Waals surface area contributed by atoms with E-state index in [0.29, 0.717) is 20.1 Å². The Kier molecular flexibility index (Phi) is 2.79. The highest BCUT2D eigenvalue weighted by molar-refractivity contribution is 6.53. The second kappa shape index (κ2) is 4.07. The van der Waals surface area contributed by atoms with Crippen LogP contribution >= 0.6 is 46.4 Å². The van der Waals surface area contributed by atoms with Gasteiger partial charge >= 0.3 is 0 Å². The van der Waals surface area contributed by atoms with Crippen LogP contribution in [-0.4, -0.2) is 0 Å². The lowest BCUT2D eigenvalue weighted by molar-refractivity contribution is 1.26. The zero-order valence-corrected chi connectivity index (χ0v) is 11.6. The topological polar surface area (TPSA) is 0 Å². The minimum atomic E-state index is 0.328. The molecule has 0 atom stereocenters. The lowest BCUT2D eigenvalue weighted by Crippen LogP contribution is -1.87. The van der Waals surface area contributed by atoms with Crippen molar-refractivity contribution in [2.75, 3.05) is 0 Å². The van der Waals surface area contributed by atoms with Crippen molar-refractivity contribution < 1.29 is 0 Å². The molecule has 0 N–H and O–H groups in total. The van der Waals surface area contributed by atoms with Crippen LogP contribution in [0.1, 0.15) is 11.1 Å². The lowest BCUT2D eigenvalue weighted by atomic mass is 10.1. The van der Waals surface area contributed by atoms with Crippen LogP contribution in [-0.2, 0) is 6.42 Å². The molecule has 4 heteroatoms. The zero-order valence-electron chi connectivity index (χ0n) is 8.53. The molecule has 0 aromatic heterocycles. The standard InChI is InChI=1S/C13H6Cl4/c14-10-8-5-6-3-1-2-4-7(6)9(8)11(15)13(17)12(10)16/h1-4H,5H2. The molecule has 0 spiro atoms. The SMILES string of the molecule is Clc1c(Cl)c(Cl)c2c(c1Cl)Cc1ccccc1-2. The summed E-state index contributed by atoms with van der Waals surface area (Å²) in [7, 11) is 0. The van der Waals surface area contributed by atoms with E-state index in [9.17, 15) is 0 Å². The van der Waals surface area contributed by atoms with Crippen LogP contribution in [0.25, 0.3) is 11.1 Å². The van der Waals surface area contributed by atoms with E-state index in [1.165, 1.54) is 5.56 Å². The van der Waals surface area contributed by atoms with Crippen LogP contribution in [0.15, 0.2) is 24.3 Å². The summed E-state index contributed by atoms with van der Waals surface area (Å²) in [5.74, 6) is 0. The number of fused-ring (bicyclic) bond motifs is 3. The normalized spacial score (nSPS) is 12.5. The highest BCUT2D eigenvalue weighted by Crippen LogP contribution is 2.50. The van der Waals surface area contributed by atoms with Crippen molar-refractivity contribution in [1.29, 1.82) is 0 Å². The molecule has 0 nitrogen and oxygen atoms in total. The van der Waals surface area contributed by atoms with Crippen LogP contribution in [0.4, 0.5) is 0 Å². The molecule has 1 aliphatic carbocycles. The van der Waals surface area contributed by atoms with Gasteiger partial charge in [-0.2, -0.15) is 0 Å². The molecule has 3 rings (SSSR count). The van der Waals surface area contributed by atoms with Gasteiger partial charge in [0.25, 0.3) is 0 Å². The van der Waals surface area contributed by atoms with Gasteiger partial charge in [-0.3, -0.25) is 0 Å². The Balaban J connectivity index is 2.41. The molecule has 0 bridgehead atoms. The first-order chi connectivity index (χ1) is 8.11. The number of halogens is 4. The summed E-state index contributed by atoms with van der Waals surface area (Å²) in [4.78, 5) is 0. The van der Waals surface area contributed by atoms with Crippen molar-refractivity contribution >= 4 is 46.4 Å². The van der Waals surface area contributed by atoms with Gasteiger partial charge in [0.1, 0.15) is 0 Å². The summed E-state index contributed by atoms with van der Waals surface area (Å²) in [5.41, 5.74) is 4.17. The molecular formula is C13H6Cl4. The van der Waals surface area contributed by atoms with Crippen LogP contribution in [0, 0.1) is 0 Å². The summed E-state index contributed by atoms with van der Waals surface area (Å²) in [6.45, 7) is 0. The second-order valence-electron chi connectivity index (χ2n) is 3.94. The number of hydrogen-bond donors (Lipinski definition) is 0. The van der Waals surface area contributed by atoms with Gasteiger partial charge < -0.3 is 0 Å². The first kappa shape index (κ1) is 11.7. The minimum absolute atomic E-state index is 0.328. The predicted octanol–water partition coefficient (Wildman–Crippen LogP) is 5.87. The molecule has 1 aliphatic rings. The molecule has 86 valence electrons. The van der Waals surface area contributed by atoms with E-state index in [1.807, 2.05) is 18.2 Å². The van der Waals surface area contributed by atoms with Crippen LogP contribution in [0.2, 0.25) is 20.1 Å². The first-order valence-corrected chi connectivity index (χ1v) is 6.55. The summed E-state index contributed by atoms with van der Waals surface area (Å²) in [6.07, 6.45) is 0.751. The fourth-order valence-electron chi connectivity index (χ4n) is 2.23. The molecule has 17 heavy (non-hydrogen) atoms. The van der Waals surface area contributed by atoms with Crippen molar-refractivity contribution in [3.05, 3.63) is 55.5 Å². The van der Waals surface area contributed by atoms with Crippen LogP contribution in [0.5, 0.6) is 0 Å². The maximum Gasteiger partial charge on any atom is 0.0800 e. The van der Waals surface area contributed by atoms with Crippen molar-refractivity contribution in [3.8, 4) is 11.1 Å². The molecule has 0 saturated carbocycles. The van der Waals surface area contributed by atoms with E-state index in [-0.39, 0.29) is 0 Å². The third-order valence-corrected chi connectivity index (χ3v) is 4.86. The van der Waals surface area contributed by atoms with Gasteiger partial charge in [0.05, 0.1) is 20.1 Å². The Labute approximate surface area is 119 Å². The van der Waals surface area contributed by atoms with E-state index in [4.69, 9.17) is 46.4 Å². The average Bonchev–Trinajstić information content (AvgIpc) is 2.73. The van der Waals surface area contributed by atoms with E-state index in [2.05, 4.69) is 6.07 Å². The average molecular weight is 304 g/mol. The Bertz CT molecular complexity index is 632. The monoisotopic (exact) mass is 302 g/mol. The number of benzene rings is 2. The summed E-state index contributed by atoms with van der Waals surface area (Å²) in [6, 6.07) is 8.05. The van der Waals surface area contributed by atoms with E-state index in [1.54, 1.807) is 0 Å². The van der Waals surface area contributed by atoms with Gasteiger partial charge in [0.2, 0.25) is 0 Å². The van der Waals surface area contributed by atoms with Crippen molar-refractivity contribution in [1.82, 2.24) is 0 Å². The van der Waals surface area contributed by atoms with E-state index in [0.717, 1.165) is 23.1 Å². The predicted molar refractivity (Wildman–Crippen MR) is 74.7 cm³/mol. The molecular weight excluding hydrogens is 298 g/mol. The molecule has 0 radical (unpaired) electrons. The molecule has 0 amide bonds. The summed E-state index contributed by atoms with van der Waals surface area (Å²) < 4.78 is 0. The van der Waals surface area contributed by atoms with Crippen molar-refractivity contribution in [2.45, 2.75) is 6.42 Å². The van der Waals surface area contributed by atoms with Gasteiger partial charge in [0, 0.05) is 12.0 Å². The molecule has 0 fully saturated rings. The van der Waals surface area contributed by atoms with Gasteiger partial charge in [-0.15, -0.1) is 0 Å². The number of hydrogen-bond acceptors (Lipinski definition) is 0. The van der Waals surface area contributed by atoms with E-state index >= 15 is 0 Å². The molecule has 0 aliphatic heterocycles. The quantitative estimate of drug-likeness (QED) is 0.360. The fourth-order valence-corrected chi connectivity index (χ4v) is 3.29. The first-order valence-electron chi connectivity index (χ1n) is 5.04. The fraction of sp³-hybridized carbons (Fsp3) is 0.0769. The summed E-state index contributed by atoms with van der Waals surface area (Å²) >= 11 is 24.6. The minimum Gasteiger partial charge on any atom is -0.0823 e. The van der Waals surface area contributed by atoms with E-state index < -0.39 is 0 Å². The summed E-state index contributed by atoms with van der Waals surface area (Å²) in [5, 5.41) is 1.66. The van der Waals surface area contributed by atoms with Gasteiger partial charge in [-0.25, -0.2) is 0 Å². The van der Waals surface area contributed by atoms with Gasteiger partial charge in [0.15, 0.2) is 0 Å². The van der Waals surface area contributed by atoms with Gasteiger partial charge in [-0.05, 0) is 16.7 Å². The Morgan fingerprint density at radius 2 is 1.41 bits per heavy atom. The molecule has 2 aromatic carbocycles. The highest BCUT2D eigenvalue weighted by Gasteiger charge is 2.27. The zero-order chi connectivity index (χ0) is 12.2. The molecule has 0 unspecified atom stereocenters. The Hall–Kier alpha value is -0.400. The van der Waals surface area contributed by atoms with Crippen LogP contribution < -0.4 is 0 Å². The smallest absolute Gasteiger partial charge is 0.0800 e. The largest absolute Gasteiger partial charge is 0.0823 e. The Morgan fingerprint density at radius 3 is 2.18 bits per heavy atom. The third-order valence-electron chi connectivity index (χ3n) is 3.02. The highest BCUT2D eigenvalue weighted by atomic mass is 35.5. The number of rotatable bonds is 0. The maximum atomic E-state index is 6.27. The van der Waals surface area contributed by atoms with Crippen LogP contribution in [0.3, 0.4) is 0 Å². The van der Waals surface area contributed by atoms with Crippen molar-refractivity contribution in [2.24, 2.45) is 0 Å². The lowest BCUT2D eigenvalue weighted by Gasteiger charge is -2.10. The molecule has 2 aromatic rings. The molecule has 0 saturated heterocycles. The third kappa shape index (κ3) is 1.59. The second-order valence-corrected chi connectivity index (χ2v) is 5.46. The van der Waals surface area contributed by atoms with Crippen molar-refractivity contribution in [3.63, 3.8) is 0 Å².